The number of para-hydroxylation sites is 1. The molecule has 0 fully saturated rings. The van der Waals surface area contributed by atoms with Crippen molar-refractivity contribution >= 4 is 28.5 Å². The maximum atomic E-state index is 12.0. The summed E-state index contributed by atoms with van der Waals surface area (Å²) < 4.78 is 5.21. The van der Waals surface area contributed by atoms with Crippen molar-refractivity contribution in [3.63, 3.8) is 0 Å². The Bertz CT molecular complexity index is 1020. The number of nitrogens with zero attached hydrogens (tertiary/aromatic N) is 1. The number of rotatable bonds is 3. The van der Waals surface area contributed by atoms with Crippen LogP contribution in [-0.2, 0) is 6.42 Å². The maximum Gasteiger partial charge on any atom is 0.336 e. The number of allylic oxidation sites excluding steroid dienone is 1. The molecule has 26 heavy (non-hydrogen) atoms. The third-order valence-electron chi connectivity index (χ3n) is 4.84. The first kappa shape index (κ1) is 16.3. The fourth-order valence-corrected chi connectivity index (χ4v) is 3.62. The number of aromatic carboxylic acids is 1. The van der Waals surface area contributed by atoms with Crippen LogP contribution in [0, 0.1) is 0 Å². The molecule has 0 spiro atoms. The molecule has 0 unspecified atom stereocenters. The lowest BCUT2D eigenvalue weighted by Gasteiger charge is -2.21. The van der Waals surface area contributed by atoms with Crippen LogP contribution in [0.3, 0.4) is 0 Å². The molecule has 3 aromatic rings. The third kappa shape index (κ3) is 2.84. The number of ether oxygens (including phenoxy) is 1. The van der Waals surface area contributed by atoms with E-state index in [4.69, 9.17) is 9.72 Å². The van der Waals surface area contributed by atoms with Crippen molar-refractivity contribution in [2.45, 2.75) is 19.3 Å². The van der Waals surface area contributed by atoms with E-state index in [-0.39, 0.29) is 0 Å². The Labute approximate surface area is 151 Å². The SMILES string of the molecule is COc1ccc(/C=C2\CCCc3c2nc2ccccc2c3C(=O)O)cc1. The van der Waals surface area contributed by atoms with Crippen molar-refractivity contribution in [1.82, 2.24) is 4.98 Å². The van der Waals surface area contributed by atoms with Gasteiger partial charge in [0, 0.05) is 5.39 Å². The minimum atomic E-state index is -0.884. The number of hydrogen-bond acceptors (Lipinski definition) is 3. The first-order valence-corrected chi connectivity index (χ1v) is 8.67. The fraction of sp³-hybridized carbons (Fsp3) is 0.182. The largest absolute Gasteiger partial charge is 0.497 e. The molecular weight excluding hydrogens is 326 g/mol. The van der Waals surface area contributed by atoms with E-state index in [1.54, 1.807) is 7.11 Å². The van der Waals surface area contributed by atoms with Crippen molar-refractivity contribution in [1.29, 1.82) is 0 Å². The molecule has 2 aromatic carbocycles. The monoisotopic (exact) mass is 345 g/mol. The molecule has 1 aliphatic carbocycles. The van der Waals surface area contributed by atoms with Crippen molar-refractivity contribution in [2.24, 2.45) is 0 Å². The van der Waals surface area contributed by atoms with Crippen LogP contribution in [0.1, 0.15) is 40.0 Å². The summed E-state index contributed by atoms with van der Waals surface area (Å²) in [7, 11) is 1.65. The van der Waals surface area contributed by atoms with E-state index < -0.39 is 5.97 Å². The summed E-state index contributed by atoms with van der Waals surface area (Å²) >= 11 is 0. The van der Waals surface area contributed by atoms with Gasteiger partial charge < -0.3 is 9.84 Å². The first-order valence-electron chi connectivity index (χ1n) is 8.67. The van der Waals surface area contributed by atoms with E-state index in [0.29, 0.717) is 10.9 Å². The summed E-state index contributed by atoms with van der Waals surface area (Å²) in [6.07, 6.45) is 4.66. The number of carbonyl (C=O) groups is 1. The standard InChI is InChI=1S/C22H19NO3/c1-26-16-11-9-14(10-12-16)13-15-5-4-7-18-20(22(24)25)17-6-2-3-8-19(17)23-21(15)18/h2-3,6,8-13H,4-5,7H2,1H3,(H,24,25)/b15-13+. The van der Waals surface area contributed by atoms with Gasteiger partial charge in [0.15, 0.2) is 0 Å². The van der Waals surface area contributed by atoms with Gasteiger partial charge in [-0.15, -0.1) is 0 Å². The number of aromatic nitrogens is 1. The van der Waals surface area contributed by atoms with Crippen molar-refractivity contribution in [2.75, 3.05) is 7.11 Å². The molecule has 0 atom stereocenters. The van der Waals surface area contributed by atoms with Gasteiger partial charge in [-0.1, -0.05) is 30.3 Å². The molecule has 1 aromatic heterocycles. The lowest BCUT2D eigenvalue weighted by atomic mass is 9.86. The van der Waals surface area contributed by atoms with Gasteiger partial charge in [0.1, 0.15) is 5.75 Å². The molecule has 0 aliphatic heterocycles. The maximum absolute atomic E-state index is 12.0. The number of hydrogen-bond donors (Lipinski definition) is 1. The molecule has 1 heterocycles. The molecule has 0 saturated carbocycles. The minimum Gasteiger partial charge on any atom is -0.497 e. The van der Waals surface area contributed by atoms with Gasteiger partial charge in [-0.25, -0.2) is 9.78 Å². The molecule has 4 rings (SSSR count). The molecule has 4 nitrogen and oxygen atoms in total. The van der Waals surface area contributed by atoms with E-state index in [2.05, 4.69) is 6.08 Å². The van der Waals surface area contributed by atoms with Crippen LogP contribution in [0.15, 0.2) is 48.5 Å². The smallest absolute Gasteiger partial charge is 0.336 e. The van der Waals surface area contributed by atoms with E-state index in [1.807, 2.05) is 48.5 Å². The van der Waals surface area contributed by atoms with Crippen molar-refractivity contribution in [3.8, 4) is 5.75 Å². The molecular formula is C22H19NO3. The zero-order chi connectivity index (χ0) is 18.1. The molecule has 0 amide bonds. The number of carboxylic acids is 1. The van der Waals surface area contributed by atoms with Gasteiger partial charge in [0.05, 0.1) is 23.9 Å². The third-order valence-corrected chi connectivity index (χ3v) is 4.84. The van der Waals surface area contributed by atoms with Crippen LogP contribution in [-0.4, -0.2) is 23.2 Å². The van der Waals surface area contributed by atoms with Gasteiger partial charge in [0.25, 0.3) is 0 Å². The summed E-state index contributed by atoms with van der Waals surface area (Å²) in [6, 6.07) is 15.3. The van der Waals surface area contributed by atoms with Crippen LogP contribution < -0.4 is 4.74 Å². The summed E-state index contributed by atoms with van der Waals surface area (Å²) in [5.41, 5.74) is 4.94. The van der Waals surface area contributed by atoms with Gasteiger partial charge in [0.2, 0.25) is 0 Å². The molecule has 0 radical (unpaired) electrons. The highest BCUT2D eigenvalue weighted by molar-refractivity contribution is 6.05. The Morgan fingerprint density at radius 3 is 2.62 bits per heavy atom. The number of carboxylic acid groups (broad SMARTS) is 1. The second kappa shape index (κ2) is 6.64. The quantitative estimate of drug-likeness (QED) is 0.739. The Balaban J connectivity index is 1.90. The van der Waals surface area contributed by atoms with E-state index in [9.17, 15) is 9.90 Å². The second-order valence-corrected chi connectivity index (χ2v) is 6.43. The summed E-state index contributed by atoms with van der Waals surface area (Å²) in [4.78, 5) is 16.8. The van der Waals surface area contributed by atoms with Crippen LogP contribution in [0.25, 0.3) is 22.6 Å². The second-order valence-electron chi connectivity index (χ2n) is 6.43. The first-order chi connectivity index (χ1) is 12.7. The Hall–Kier alpha value is -3.14. The number of methoxy groups -OCH3 is 1. The number of fused-ring (bicyclic) bond motifs is 2. The average molecular weight is 345 g/mol. The van der Waals surface area contributed by atoms with Crippen molar-refractivity contribution in [3.05, 3.63) is 70.9 Å². The van der Waals surface area contributed by atoms with Gasteiger partial charge >= 0.3 is 5.97 Å². The van der Waals surface area contributed by atoms with Crippen LogP contribution in [0.4, 0.5) is 0 Å². The summed E-state index contributed by atoms with van der Waals surface area (Å²) in [5, 5.41) is 10.5. The minimum absolute atomic E-state index is 0.394. The van der Waals surface area contributed by atoms with Crippen LogP contribution in [0.2, 0.25) is 0 Å². The predicted octanol–water partition coefficient (Wildman–Crippen LogP) is 4.82. The zero-order valence-electron chi connectivity index (χ0n) is 14.5. The number of benzene rings is 2. The Morgan fingerprint density at radius 2 is 1.88 bits per heavy atom. The number of pyridine rings is 1. The fourth-order valence-electron chi connectivity index (χ4n) is 3.62. The molecule has 0 bridgehead atoms. The van der Waals surface area contributed by atoms with Crippen molar-refractivity contribution < 1.29 is 14.6 Å². The highest BCUT2D eigenvalue weighted by atomic mass is 16.5. The topological polar surface area (TPSA) is 59.4 Å². The van der Waals surface area contributed by atoms with E-state index in [0.717, 1.165) is 52.9 Å². The Morgan fingerprint density at radius 1 is 1.12 bits per heavy atom. The molecule has 130 valence electrons. The normalized spacial score (nSPS) is 15.0. The highest BCUT2D eigenvalue weighted by Gasteiger charge is 2.24. The van der Waals surface area contributed by atoms with Crippen LogP contribution >= 0.6 is 0 Å². The zero-order valence-corrected chi connectivity index (χ0v) is 14.5. The Kier molecular flexibility index (Phi) is 4.17. The van der Waals surface area contributed by atoms with Gasteiger partial charge in [-0.05, 0) is 60.2 Å². The molecule has 1 aliphatic rings. The van der Waals surface area contributed by atoms with Gasteiger partial charge in [-0.2, -0.15) is 0 Å². The predicted molar refractivity (Wildman–Crippen MR) is 103 cm³/mol. The van der Waals surface area contributed by atoms with E-state index >= 15 is 0 Å². The molecule has 1 N–H and O–H groups in total. The van der Waals surface area contributed by atoms with Crippen LogP contribution in [0.5, 0.6) is 5.75 Å². The summed E-state index contributed by atoms with van der Waals surface area (Å²) in [5.74, 6) is -0.0703. The average Bonchev–Trinajstić information content (AvgIpc) is 2.67. The highest BCUT2D eigenvalue weighted by Crippen LogP contribution is 2.36. The van der Waals surface area contributed by atoms with Gasteiger partial charge in [-0.3, -0.25) is 0 Å². The lowest BCUT2D eigenvalue weighted by Crippen LogP contribution is -2.13. The van der Waals surface area contributed by atoms with E-state index in [1.165, 1.54) is 0 Å². The summed E-state index contributed by atoms with van der Waals surface area (Å²) in [6.45, 7) is 0. The molecule has 0 saturated heterocycles. The molecule has 4 heteroatoms. The lowest BCUT2D eigenvalue weighted by molar-refractivity contribution is 0.0697.